The summed E-state index contributed by atoms with van der Waals surface area (Å²) in [5.41, 5.74) is 12.0. The molecule has 2 fully saturated rings. The van der Waals surface area contributed by atoms with Crippen molar-refractivity contribution in [2.24, 2.45) is 5.73 Å². The molecule has 1 atom stereocenters. The third kappa shape index (κ3) is 3.13. The van der Waals surface area contributed by atoms with Crippen LogP contribution < -0.4 is 16.4 Å². The quantitative estimate of drug-likeness (QED) is 0.859. The van der Waals surface area contributed by atoms with Crippen LogP contribution in [0.15, 0.2) is 0 Å². The number of thiazole rings is 1. The first kappa shape index (κ1) is 14.6. The number of carbonyl (C=O) groups is 1. The molecule has 2 aliphatic rings. The summed E-state index contributed by atoms with van der Waals surface area (Å²) in [5, 5.41) is 0.836. The topological polar surface area (TPSA) is 88.5 Å². The maximum Gasteiger partial charge on any atom is 0.267 e. The highest BCUT2D eigenvalue weighted by Crippen LogP contribution is 2.31. The lowest BCUT2D eigenvalue weighted by atomic mass is 10.1. The van der Waals surface area contributed by atoms with Gasteiger partial charge in [-0.3, -0.25) is 4.79 Å². The molecule has 6 nitrogen and oxygen atoms in total. The average Bonchev–Trinajstić information content (AvgIpc) is 2.89. The minimum atomic E-state index is 0.0391. The molecule has 1 aromatic rings. The molecule has 2 aliphatic heterocycles. The maximum atomic E-state index is 12.6. The molecule has 2 saturated heterocycles. The third-order valence-corrected chi connectivity index (χ3v) is 5.33. The molecule has 0 aromatic carbocycles. The Balaban J connectivity index is 1.75. The Morgan fingerprint density at radius 2 is 1.95 bits per heavy atom. The fraction of sp³-hybridized carbons (Fsp3) is 0.714. The number of amides is 1. The van der Waals surface area contributed by atoms with Gasteiger partial charge in [-0.1, -0.05) is 11.3 Å². The van der Waals surface area contributed by atoms with Crippen LogP contribution in [0.5, 0.6) is 0 Å². The van der Waals surface area contributed by atoms with Crippen LogP contribution in [-0.4, -0.2) is 48.0 Å². The third-order valence-electron chi connectivity index (χ3n) is 4.21. The molecular weight excluding hydrogens is 286 g/mol. The van der Waals surface area contributed by atoms with Gasteiger partial charge in [-0.2, -0.15) is 0 Å². The molecule has 0 aliphatic carbocycles. The molecule has 116 valence electrons. The van der Waals surface area contributed by atoms with Gasteiger partial charge < -0.3 is 21.3 Å². The number of piperidine rings is 2. The number of anilines is 2. The van der Waals surface area contributed by atoms with Gasteiger partial charge in [0.2, 0.25) is 0 Å². The number of carbonyl (C=O) groups excluding carboxylic acids is 1. The molecule has 3 rings (SSSR count). The predicted molar refractivity (Wildman–Crippen MR) is 85.7 cm³/mol. The monoisotopic (exact) mass is 309 g/mol. The second-order valence-electron chi connectivity index (χ2n) is 5.91. The molecule has 1 amide bonds. The van der Waals surface area contributed by atoms with Crippen molar-refractivity contribution in [2.45, 2.75) is 38.1 Å². The van der Waals surface area contributed by atoms with Gasteiger partial charge in [0.05, 0.1) is 0 Å². The molecule has 3 heterocycles. The molecule has 21 heavy (non-hydrogen) atoms. The fourth-order valence-electron chi connectivity index (χ4n) is 3.03. The van der Waals surface area contributed by atoms with Crippen LogP contribution in [0.2, 0.25) is 0 Å². The van der Waals surface area contributed by atoms with Crippen molar-refractivity contribution in [3.8, 4) is 0 Å². The van der Waals surface area contributed by atoms with Crippen molar-refractivity contribution in [3.05, 3.63) is 4.88 Å². The first-order valence-corrected chi connectivity index (χ1v) is 8.53. The van der Waals surface area contributed by atoms with Gasteiger partial charge in [0, 0.05) is 32.2 Å². The summed E-state index contributed by atoms with van der Waals surface area (Å²) in [5.74, 6) is 0.405. The van der Waals surface area contributed by atoms with E-state index in [4.69, 9.17) is 11.5 Å². The van der Waals surface area contributed by atoms with E-state index in [0.717, 1.165) is 57.0 Å². The SMILES string of the molecule is Nc1nc(N2CCCC(N)C2)sc1C(=O)N1CCCCC1. The van der Waals surface area contributed by atoms with Crippen molar-refractivity contribution in [2.75, 3.05) is 36.8 Å². The van der Waals surface area contributed by atoms with Gasteiger partial charge in [0.15, 0.2) is 5.13 Å². The van der Waals surface area contributed by atoms with Gasteiger partial charge in [-0.25, -0.2) is 4.98 Å². The summed E-state index contributed by atoms with van der Waals surface area (Å²) in [4.78, 5) is 21.6. The zero-order chi connectivity index (χ0) is 14.8. The van der Waals surface area contributed by atoms with Crippen LogP contribution in [0.3, 0.4) is 0 Å². The highest BCUT2D eigenvalue weighted by Gasteiger charge is 2.26. The summed E-state index contributed by atoms with van der Waals surface area (Å²) in [6.45, 7) is 3.41. The average molecular weight is 309 g/mol. The van der Waals surface area contributed by atoms with Crippen LogP contribution in [-0.2, 0) is 0 Å². The number of rotatable bonds is 2. The van der Waals surface area contributed by atoms with Crippen molar-refractivity contribution in [1.29, 1.82) is 0 Å². The highest BCUT2D eigenvalue weighted by molar-refractivity contribution is 7.18. The Morgan fingerprint density at radius 1 is 1.19 bits per heavy atom. The summed E-state index contributed by atoms with van der Waals surface area (Å²) < 4.78 is 0. The van der Waals surface area contributed by atoms with Crippen LogP contribution in [0.25, 0.3) is 0 Å². The number of nitrogens with two attached hydrogens (primary N) is 2. The lowest BCUT2D eigenvalue weighted by molar-refractivity contribution is 0.0730. The van der Waals surface area contributed by atoms with Gasteiger partial charge in [0.25, 0.3) is 5.91 Å². The zero-order valence-corrected chi connectivity index (χ0v) is 13.1. The van der Waals surface area contributed by atoms with Crippen LogP contribution in [0.4, 0.5) is 10.9 Å². The first-order valence-electron chi connectivity index (χ1n) is 7.71. The van der Waals surface area contributed by atoms with Crippen molar-refractivity contribution in [1.82, 2.24) is 9.88 Å². The van der Waals surface area contributed by atoms with E-state index in [0.29, 0.717) is 10.7 Å². The second-order valence-corrected chi connectivity index (χ2v) is 6.89. The van der Waals surface area contributed by atoms with E-state index in [1.165, 1.54) is 17.8 Å². The normalized spacial score (nSPS) is 23.4. The number of hydrogen-bond donors (Lipinski definition) is 2. The number of nitrogen functional groups attached to an aromatic ring is 1. The Morgan fingerprint density at radius 3 is 2.67 bits per heavy atom. The maximum absolute atomic E-state index is 12.6. The molecule has 0 radical (unpaired) electrons. The molecule has 1 unspecified atom stereocenters. The lowest BCUT2D eigenvalue weighted by Crippen LogP contribution is -2.42. The van der Waals surface area contributed by atoms with Crippen LogP contribution in [0, 0.1) is 0 Å². The number of nitrogens with zero attached hydrogens (tertiary/aromatic N) is 3. The Hall–Kier alpha value is -1.34. The highest BCUT2D eigenvalue weighted by atomic mass is 32.1. The summed E-state index contributed by atoms with van der Waals surface area (Å²) in [6, 6.07) is 0.185. The summed E-state index contributed by atoms with van der Waals surface area (Å²) in [6.07, 6.45) is 5.49. The van der Waals surface area contributed by atoms with Crippen molar-refractivity contribution < 1.29 is 4.79 Å². The number of hydrogen-bond acceptors (Lipinski definition) is 6. The molecule has 0 bridgehead atoms. The predicted octanol–water partition coefficient (Wildman–Crippen LogP) is 1.28. The molecule has 7 heteroatoms. The lowest BCUT2D eigenvalue weighted by Gasteiger charge is -2.30. The minimum absolute atomic E-state index is 0.0391. The minimum Gasteiger partial charge on any atom is -0.382 e. The van der Waals surface area contributed by atoms with Gasteiger partial charge in [0.1, 0.15) is 10.7 Å². The Kier molecular flexibility index (Phi) is 4.30. The van der Waals surface area contributed by atoms with Crippen molar-refractivity contribution in [3.63, 3.8) is 0 Å². The largest absolute Gasteiger partial charge is 0.382 e. The molecule has 4 N–H and O–H groups in total. The van der Waals surface area contributed by atoms with E-state index in [2.05, 4.69) is 9.88 Å². The van der Waals surface area contributed by atoms with E-state index in [9.17, 15) is 4.79 Å². The Labute approximate surface area is 129 Å². The zero-order valence-electron chi connectivity index (χ0n) is 12.3. The summed E-state index contributed by atoms with van der Waals surface area (Å²) in [7, 11) is 0. The van der Waals surface area contributed by atoms with Gasteiger partial charge in [-0.15, -0.1) is 0 Å². The molecule has 1 aromatic heterocycles. The smallest absolute Gasteiger partial charge is 0.267 e. The Bertz CT molecular complexity index is 511. The first-order chi connectivity index (χ1) is 10.1. The molecule has 0 saturated carbocycles. The summed E-state index contributed by atoms with van der Waals surface area (Å²) >= 11 is 1.41. The van der Waals surface area contributed by atoms with Gasteiger partial charge >= 0.3 is 0 Å². The van der Waals surface area contributed by atoms with E-state index >= 15 is 0 Å². The van der Waals surface area contributed by atoms with E-state index in [1.807, 2.05) is 4.90 Å². The standard InChI is InChI=1S/C14H23N5OS/c15-10-5-4-8-19(9-10)14-17-12(16)11(21-14)13(20)18-6-2-1-3-7-18/h10H,1-9,15-16H2. The van der Waals surface area contributed by atoms with Crippen molar-refractivity contribution >= 4 is 28.2 Å². The van der Waals surface area contributed by atoms with E-state index < -0.39 is 0 Å². The molecule has 0 spiro atoms. The van der Waals surface area contributed by atoms with Crippen LogP contribution >= 0.6 is 11.3 Å². The fourth-order valence-corrected chi connectivity index (χ4v) is 4.02. The van der Waals surface area contributed by atoms with Gasteiger partial charge in [-0.05, 0) is 32.1 Å². The molecular formula is C14H23N5OS. The van der Waals surface area contributed by atoms with E-state index in [-0.39, 0.29) is 11.9 Å². The number of aromatic nitrogens is 1. The number of likely N-dealkylation sites (tertiary alicyclic amines) is 1. The van der Waals surface area contributed by atoms with E-state index in [1.54, 1.807) is 0 Å². The second kappa shape index (κ2) is 6.19. The van der Waals surface area contributed by atoms with Crippen LogP contribution in [0.1, 0.15) is 41.8 Å².